The Balaban J connectivity index is 2.25. The van der Waals surface area contributed by atoms with Gasteiger partial charge in [-0.05, 0) is 64.7 Å². The maximum atomic E-state index is 6.40. The first-order valence-electron chi connectivity index (χ1n) is 8.17. The van der Waals surface area contributed by atoms with Gasteiger partial charge < -0.3 is 5.73 Å². The van der Waals surface area contributed by atoms with Crippen molar-refractivity contribution in [1.82, 2.24) is 0 Å². The van der Waals surface area contributed by atoms with Crippen LogP contribution in [0.15, 0.2) is 12.1 Å². The molecule has 1 heteroatoms. The van der Waals surface area contributed by atoms with Crippen LogP contribution in [0.4, 0.5) is 0 Å². The van der Waals surface area contributed by atoms with Crippen LogP contribution in [0.2, 0.25) is 0 Å². The molecule has 110 valence electrons. The van der Waals surface area contributed by atoms with Crippen molar-refractivity contribution < 1.29 is 0 Å². The Morgan fingerprint density at radius 1 is 0.900 bits per heavy atom. The lowest BCUT2D eigenvalue weighted by Crippen LogP contribution is -2.35. The second-order valence-electron chi connectivity index (χ2n) is 8.38. The summed E-state index contributed by atoms with van der Waals surface area (Å²) in [6.45, 7) is 12.0. The molecule has 20 heavy (non-hydrogen) atoms. The van der Waals surface area contributed by atoms with Crippen molar-refractivity contribution in [3.05, 3.63) is 34.4 Å². The van der Waals surface area contributed by atoms with E-state index in [1.807, 2.05) is 0 Å². The van der Waals surface area contributed by atoms with E-state index in [0.717, 1.165) is 6.42 Å². The van der Waals surface area contributed by atoms with Crippen molar-refractivity contribution in [2.75, 3.05) is 0 Å². The quantitative estimate of drug-likeness (QED) is 0.711. The van der Waals surface area contributed by atoms with Crippen LogP contribution < -0.4 is 5.73 Å². The van der Waals surface area contributed by atoms with Crippen LogP contribution in [0, 0.1) is 0 Å². The smallest absolute Gasteiger partial charge is 0.0298 e. The minimum Gasteiger partial charge on any atom is -0.324 e. The molecule has 0 amide bonds. The third-order valence-electron chi connectivity index (χ3n) is 5.90. The largest absolute Gasteiger partial charge is 0.324 e. The Hall–Kier alpha value is -0.820. The van der Waals surface area contributed by atoms with Crippen molar-refractivity contribution in [3.8, 4) is 0 Å². The maximum Gasteiger partial charge on any atom is 0.0298 e. The van der Waals surface area contributed by atoms with Crippen molar-refractivity contribution in [2.45, 2.75) is 83.1 Å². The molecule has 0 aromatic heterocycles. The number of fused-ring (bicyclic) bond motifs is 2. The zero-order chi connectivity index (χ0) is 14.7. The summed E-state index contributed by atoms with van der Waals surface area (Å²) in [6, 6.07) is 5.22. The highest BCUT2D eigenvalue weighted by atomic mass is 14.6. The standard InChI is InChI=1S/C19H29N/c1-12-6-7-17(20)14-11-16-15(10-13(12)14)18(2,3)8-9-19(16,4)5/h10-12,17H,6-9,20H2,1-5H3. The van der Waals surface area contributed by atoms with Gasteiger partial charge in [0.2, 0.25) is 0 Å². The molecule has 2 unspecified atom stereocenters. The zero-order valence-corrected chi connectivity index (χ0v) is 13.7. The van der Waals surface area contributed by atoms with Gasteiger partial charge in [-0.25, -0.2) is 0 Å². The fourth-order valence-electron chi connectivity index (χ4n) is 4.14. The molecule has 1 aromatic carbocycles. The van der Waals surface area contributed by atoms with E-state index in [0.29, 0.717) is 16.7 Å². The van der Waals surface area contributed by atoms with E-state index >= 15 is 0 Å². The molecule has 0 fully saturated rings. The summed E-state index contributed by atoms with van der Waals surface area (Å²) in [5.74, 6) is 0.663. The molecule has 0 bridgehead atoms. The highest BCUT2D eigenvalue weighted by Crippen LogP contribution is 2.49. The Morgan fingerprint density at radius 2 is 1.40 bits per heavy atom. The Morgan fingerprint density at radius 3 is 1.95 bits per heavy atom. The molecule has 1 nitrogen and oxygen atoms in total. The predicted molar refractivity (Wildman–Crippen MR) is 86.3 cm³/mol. The molecule has 0 aliphatic heterocycles. The van der Waals surface area contributed by atoms with Crippen LogP contribution in [0.3, 0.4) is 0 Å². The number of hydrogen-bond acceptors (Lipinski definition) is 1. The van der Waals surface area contributed by atoms with Crippen molar-refractivity contribution in [2.24, 2.45) is 5.73 Å². The van der Waals surface area contributed by atoms with Crippen LogP contribution >= 0.6 is 0 Å². The number of nitrogens with two attached hydrogens (primary N) is 1. The summed E-state index contributed by atoms with van der Waals surface area (Å²) in [5.41, 5.74) is 13.1. The summed E-state index contributed by atoms with van der Waals surface area (Å²) in [7, 11) is 0. The summed E-state index contributed by atoms with van der Waals surface area (Å²) in [5, 5.41) is 0. The lowest BCUT2D eigenvalue weighted by molar-refractivity contribution is 0.330. The van der Waals surface area contributed by atoms with Gasteiger partial charge in [0.25, 0.3) is 0 Å². The van der Waals surface area contributed by atoms with E-state index in [2.05, 4.69) is 46.8 Å². The molecule has 0 spiro atoms. The number of hydrogen-bond donors (Lipinski definition) is 1. The molecule has 2 atom stereocenters. The van der Waals surface area contributed by atoms with Gasteiger partial charge in [-0.3, -0.25) is 0 Å². The highest BCUT2D eigenvalue weighted by molar-refractivity contribution is 5.49. The van der Waals surface area contributed by atoms with Gasteiger partial charge in [-0.15, -0.1) is 0 Å². The normalized spacial score (nSPS) is 30.5. The first-order valence-corrected chi connectivity index (χ1v) is 8.17. The Kier molecular flexibility index (Phi) is 3.06. The number of rotatable bonds is 0. The predicted octanol–water partition coefficient (Wildman–Crippen LogP) is 4.93. The third kappa shape index (κ3) is 2.02. The zero-order valence-electron chi connectivity index (χ0n) is 13.7. The van der Waals surface area contributed by atoms with Crippen molar-refractivity contribution in [1.29, 1.82) is 0 Å². The van der Waals surface area contributed by atoms with Gasteiger partial charge in [-0.2, -0.15) is 0 Å². The molecule has 2 N–H and O–H groups in total. The van der Waals surface area contributed by atoms with Crippen LogP contribution in [-0.4, -0.2) is 0 Å². The van der Waals surface area contributed by atoms with E-state index in [4.69, 9.17) is 5.73 Å². The summed E-state index contributed by atoms with van der Waals surface area (Å²) in [4.78, 5) is 0. The monoisotopic (exact) mass is 271 g/mol. The van der Waals surface area contributed by atoms with Gasteiger partial charge in [0, 0.05) is 6.04 Å². The fourth-order valence-corrected chi connectivity index (χ4v) is 4.14. The fraction of sp³-hybridized carbons (Fsp3) is 0.684. The molecule has 3 rings (SSSR count). The second kappa shape index (κ2) is 4.34. The van der Waals surface area contributed by atoms with Gasteiger partial charge in [0.05, 0.1) is 0 Å². The van der Waals surface area contributed by atoms with Crippen molar-refractivity contribution in [3.63, 3.8) is 0 Å². The minimum atomic E-state index is 0.243. The molecule has 0 heterocycles. The molecular weight excluding hydrogens is 242 g/mol. The van der Waals surface area contributed by atoms with Crippen LogP contribution in [0.25, 0.3) is 0 Å². The first kappa shape index (κ1) is 14.1. The van der Waals surface area contributed by atoms with E-state index in [1.54, 1.807) is 11.1 Å². The molecule has 0 saturated carbocycles. The van der Waals surface area contributed by atoms with Crippen LogP contribution in [0.1, 0.15) is 94.5 Å². The molecule has 0 radical (unpaired) electrons. The molecule has 0 saturated heterocycles. The molecular formula is C19H29N. The van der Waals surface area contributed by atoms with E-state index < -0.39 is 0 Å². The van der Waals surface area contributed by atoms with Gasteiger partial charge in [0.15, 0.2) is 0 Å². The van der Waals surface area contributed by atoms with Crippen LogP contribution in [-0.2, 0) is 10.8 Å². The first-order chi connectivity index (χ1) is 9.22. The third-order valence-corrected chi connectivity index (χ3v) is 5.90. The lowest BCUT2D eigenvalue weighted by atomic mass is 9.61. The van der Waals surface area contributed by atoms with E-state index in [1.165, 1.54) is 30.4 Å². The lowest BCUT2D eigenvalue weighted by Gasteiger charge is -2.43. The van der Waals surface area contributed by atoms with E-state index in [9.17, 15) is 0 Å². The summed E-state index contributed by atoms with van der Waals surface area (Å²) < 4.78 is 0. The SMILES string of the molecule is CC1CCC(N)c2cc3c(cc21)C(C)(C)CCC3(C)C. The van der Waals surface area contributed by atoms with Crippen LogP contribution in [0.5, 0.6) is 0 Å². The van der Waals surface area contributed by atoms with Gasteiger partial charge in [-0.1, -0.05) is 46.8 Å². The summed E-state index contributed by atoms with van der Waals surface area (Å²) in [6.07, 6.45) is 4.93. The maximum absolute atomic E-state index is 6.40. The Labute approximate surface area is 124 Å². The topological polar surface area (TPSA) is 26.0 Å². The molecule has 1 aromatic rings. The minimum absolute atomic E-state index is 0.243. The summed E-state index contributed by atoms with van der Waals surface area (Å²) >= 11 is 0. The van der Waals surface area contributed by atoms with E-state index in [-0.39, 0.29) is 6.04 Å². The second-order valence-corrected chi connectivity index (χ2v) is 8.38. The molecule has 2 aliphatic rings. The average Bonchev–Trinajstić information content (AvgIpc) is 2.39. The van der Waals surface area contributed by atoms with Gasteiger partial charge >= 0.3 is 0 Å². The highest BCUT2D eigenvalue weighted by Gasteiger charge is 2.38. The Bertz CT molecular complexity index is 490. The molecule has 2 aliphatic carbocycles. The average molecular weight is 271 g/mol. The van der Waals surface area contributed by atoms with Crippen molar-refractivity contribution >= 4 is 0 Å². The van der Waals surface area contributed by atoms with Gasteiger partial charge in [0.1, 0.15) is 0 Å². The number of benzene rings is 1.